The standard InChI is InChI=1S/C15H25NO3/c1-13-5-4-6-14(2)15(13)19-12-11-18-10-8-16-7-9-17-3/h4-6,16H,7-12H2,1-3H3. The molecule has 0 amide bonds. The smallest absolute Gasteiger partial charge is 0.125 e. The highest BCUT2D eigenvalue weighted by atomic mass is 16.5. The second-order valence-corrected chi connectivity index (χ2v) is 4.42. The molecular weight excluding hydrogens is 242 g/mol. The molecule has 0 unspecified atom stereocenters. The van der Waals surface area contributed by atoms with E-state index in [1.54, 1.807) is 7.11 Å². The minimum Gasteiger partial charge on any atom is -0.491 e. The Balaban J connectivity index is 2.05. The first-order valence-electron chi connectivity index (χ1n) is 6.72. The normalized spacial score (nSPS) is 10.7. The maximum absolute atomic E-state index is 5.75. The zero-order valence-electron chi connectivity index (χ0n) is 12.2. The molecule has 19 heavy (non-hydrogen) atoms. The van der Waals surface area contributed by atoms with Gasteiger partial charge in [0.05, 0.1) is 19.8 Å². The molecule has 0 aliphatic rings. The molecule has 0 saturated heterocycles. The van der Waals surface area contributed by atoms with Crippen LogP contribution < -0.4 is 10.1 Å². The quantitative estimate of drug-likeness (QED) is 0.658. The van der Waals surface area contributed by atoms with E-state index in [4.69, 9.17) is 14.2 Å². The average molecular weight is 267 g/mol. The van der Waals surface area contributed by atoms with Crippen molar-refractivity contribution in [3.63, 3.8) is 0 Å². The Labute approximate surface area is 116 Å². The second kappa shape index (κ2) is 9.78. The van der Waals surface area contributed by atoms with Gasteiger partial charge in [0.15, 0.2) is 0 Å². The van der Waals surface area contributed by atoms with Crippen LogP contribution in [0.4, 0.5) is 0 Å². The van der Waals surface area contributed by atoms with E-state index in [-0.39, 0.29) is 0 Å². The molecule has 0 saturated carbocycles. The molecule has 0 spiro atoms. The Bertz CT molecular complexity index is 335. The van der Waals surface area contributed by atoms with Crippen molar-refractivity contribution in [2.24, 2.45) is 0 Å². The Morgan fingerprint density at radius 1 is 0.947 bits per heavy atom. The number of hydrogen-bond acceptors (Lipinski definition) is 4. The number of ether oxygens (including phenoxy) is 3. The molecule has 4 heteroatoms. The summed E-state index contributed by atoms with van der Waals surface area (Å²) in [5, 5.41) is 3.22. The highest BCUT2D eigenvalue weighted by Crippen LogP contribution is 2.21. The lowest BCUT2D eigenvalue weighted by Gasteiger charge is -2.12. The summed E-state index contributed by atoms with van der Waals surface area (Å²) in [5.41, 5.74) is 2.34. The van der Waals surface area contributed by atoms with Gasteiger partial charge in [-0.05, 0) is 25.0 Å². The third kappa shape index (κ3) is 6.57. The van der Waals surface area contributed by atoms with E-state index in [0.29, 0.717) is 19.8 Å². The molecule has 108 valence electrons. The van der Waals surface area contributed by atoms with Gasteiger partial charge in [0.1, 0.15) is 12.4 Å². The maximum Gasteiger partial charge on any atom is 0.125 e. The highest BCUT2D eigenvalue weighted by molar-refractivity contribution is 5.39. The second-order valence-electron chi connectivity index (χ2n) is 4.42. The minimum absolute atomic E-state index is 0.587. The van der Waals surface area contributed by atoms with Gasteiger partial charge in [-0.2, -0.15) is 0 Å². The fourth-order valence-electron chi connectivity index (χ4n) is 1.78. The first kappa shape index (κ1) is 16.0. The first-order chi connectivity index (χ1) is 9.25. The fourth-order valence-corrected chi connectivity index (χ4v) is 1.78. The van der Waals surface area contributed by atoms with Crippen LogP contribution in [0.5, 0.6) is 5.75 Å². The summed E-state index contributed by atoms with van der Waals surface area (Å²) in [6.07, 6.45) is 0. The van der Waals surface area contributed by atoms with E-state index in [1.807, 2.05) is 6.07 Å². The molecule has 0 fully saturated rings. The fraction of sp³-hybridized carbons (Fsp3) is 0.600. The molecule has 4 nitrogen and oxygen atoms in total. The van der Waals surface area contributed by atoms with Crippen molar-refractivity contribution in [2.75, 3.05) is 46.6 Å². The highest BCUT2D eigenvalue weighted by Gasteiger charge is 2.02. The van der Waals surface area contributed by atoms with E-state index in [2.05, 4.69) is 31.3 Å². The van der Waals surface area contributed by atoms with Crippen LogP contribution in [0.15, 0.2) is 18.2 Å². The van der Waals surface area contributed by atoms with Crippen LogP contribution in [-0.2, 0) is 9.47 Å². The van der Waals surface area contributed by atoms with Gasteiger partial charge in [0, 0.05) is 20.2 Å². The Hall–Kier alpha value is -1.10. The molecule has 1 aromatic rings. The van der Waals surface area contributed by atoms with Crippen molar-refractivity contribution in [3.05, 3.63) is 29.3 Å². The van der Waals surface area contributed by atoms with Crippen molar-refractivity contribution in [1.29, 1.82) is 0 Å². The molecular formula is C15H25NO3. The van der Waals surface area contributed by atoms with Crippen LogP contribution in [0.3, 0.4) is 0 Å². The zero-order valence-corrected chi connectivity index (χ0v) is 12.2. The summed E-state index contributed by atoms with van der Waals surface area (Å²) in [6.45, 7) is 8.44. The van der Waals surface area contributed by atoms with E-state index < -0.39 is 0 Å². The van der Waals surface area contributed by atoms with Gasteiger partial charge in [-0.1, -0.05) is 18.2 Å². The zero-order chi connectivity index (χ0) is 13.9. The van der Waals surface area contributed by atoms with Crippen molar-refractivity contribution in [1.82, 2.24) is 5.32 Å². The van der Waals surface area contributed by atoms with Crippen LogP contribution in [0.25, 0.3) is 0 Å². The van der Waals surface area contributed by atoms with Crippen molar-refractivity contribution < 1.29 is 14.2 Å². The lowest BCUT2D eigenvalue weighted by atomic mass is 10.1. The number of benzene rings is 1. The van der Waals surface area contributed by atoms with Crippen LogP contribution in [0.2, 0.25) is 0 Å². The van der Waals surface area contributed by atoms with E-state index in [9.17, 15) is 0 Å². The number of para-hydroxylation sites is 1. The lowest BCUT2D eigenvalue weighted by molar-refractivity contribution is 0.0998. The van der Waals surface area contributed by atoms with Gasteiger partial charge in [0.2, 0.25) is 0 Å². The predicted octanol–water partition coefficient (Wildman–Crippen LogP) is 1.93. The average Bonchev–Trinajstić information content (AvgIpc) is 2.40. The molecule has 0 heterocycles. The predicted molar refractivity (Wildman–Crippen MR) is 77.0 cm³/mol. The van der Waals surface area contributed by atoms with Gasteiger partial charge in [-0.3, -0.25) is 0 Å². The molecule has 0 bridgehead atoms. The number of aryl methyl sites for hydroxylation is 2. The molecule has 1 aromatic carbocycles. The number of methoxy groups -OCH3 is 1. The van der Waals surface area contributed by atoms with Gasteiger partial charge in [-0.15, -0.1) is 0 Å². The van der Waals surface area contributed by atoms with Crippen molar-refractivity contribution in [3.8, 4) is 5.75 Å². The summed E-state index contributed by atoms with van der Waals surface area (Å²) in [4.78, 5) is 0. The molecule has 0 radical (unpaired) electrons. The van der Waals surface area contributed by atoms with Crippen molar-refractivity contribution in [2.45, 2.75) is 13.8 Å². The summed E-state index contributed by atoms with van der Waals surface area (Å²) in [5.74, 6) is 0.976. The summed E-state index contributed by atoms with van der Waals surface area (Å²) >= 11 is 0. The largest absolute Gasteiger partial charge is 0.491 e. The van der Waals surface area contributed by atoms with Crippen LogP contribution in [0.1, 0.15) is 11.1 Å². The molecule has 0 aromatic heterocycles. The summed E-state index contributed by atoms with van der Waals surface area (Å²) in [6, 6.07) is 6.16. The van der Waals surface area contributed by atoms with Crippen LogP contribution in [-0.4, -0.2) is 46.6 Å². The molecule has 0 aliphatic carbocycles. The minimum atomic E-state index is 0.587. The lowest BCUT2D eigenvalue weighted by Crippen LogP contribution is -2.24. The third-order valence-electron chi connectivity index (χ3n) is 2.79. The van der Waals surface area contributed by atoms with Crippen LogP contribution in [0, 0.1) is 13.8 Å². The number of hydrogen-bond donors (Lipinski definition) is 1. The van der Waals surface area contributed by atoms with Gasteiger partial charge >= 0.3 is 0 Å². The Morgan fingerprint density at radius 3 is 2.32 bits per heavy atom. The number of nitrogens with one attached hydrogen (secondary N) is 1. The van der Waals surface area contributed by atoms with Gasteiger partial charge in [-0.25, -0.2) is 0 Å². The Morgan fingerprint density at radius 2 is 1.63 bits per heavy atom. The first-order valence-corrected chi connectivity index (χ1v) is 6.72. The molecule has 0 aliphatic heterocycles. The number of rotatable bonds is 10. The summed E-state index contributed by atoms with van der Waals surface area (Å²) < 4.78 is 16.2. The molecule has 0 atom stereocenters. The SMILES string of the molecule is COCCNCCOCCOc1c(C)cccc1C. The van der Waals surface area contributed by atoms with Gasteiger partial charge < -0.3 is 19.5 Å². The maximum atomic E-state index is 5.75. The van der Waals surface area contributed by atoms with Gasteiger partial charge in [0.25, 0.3) is 0 Å². The third-order valence-corrected chi connectivity index (χ3v) is 2.79. The summed E-state index contributed by atoms with van der Waals surface area (Å²) in [7, 11) is 1.70. The Kier molecular flexibility index (Phi) is 8.21. The van der Waals surface area contributed by atoms with E-state index >= 15 is 0 Å². The van der Waals surface area contributed by atoms with E-state index in [1.165, 1.54) is 11.1 Å². The molecule has 1 rings (SSSR count). The van der Waals surface area contributed by atoms with E-state index in [0.717, 1.165) is 25.4 Å². The van der Waals surface area contributed by atoms with Crippen molar-refractivity contribution >= 4 is 0 Å². The topological polar surface area (TPSA) is 39.7 Å². The molecule has 1 N–H and O–H groups in total. The monoisotopic (exact) mass is 267 g/mol. The van der Waals surface area contributed by atoms with Crippen LogP contribution >= 0.6 is 0 Å².